The van der Waals surface area contributed by atoms with Gasteiger partial charge in [-0.3, -0.25) is 18.6 Å². The zero-order valence-corrected chi connectivity index (χ0v) is 34.0. The number of rotatable bonds is 37. The van der Waals surface area contributed by atoms with E-state index in [0.717, 1.165) is 51.4 Å². The van der Waals surface area contributed by atoms with E-state index in [4.69, 9.17) is 18.5 Å². The van der Waals surface area contributed by atoms with Crippen molar-refractivity contribution in [3.05, 3.63) is 12.2 Å². The molecule has 2 atom stereocenters. The van der Waals surface area contributed by atoms with Crippen LogP contribution in [-0.4, -0.2) is 74.9 Å². The number of esters is 2. The highest BCUT2D eigenvalue weighted by molar-refractivity contribution is 7.47. The lowest BCUT2D eigenvalue weighted by molar-refractivity contribution is -0.870. The Morgan fingerprint density at radius 1 is 0.600 bits per heavy atom. The van der Waals surface area contributed by atoms with Gasteiger partial charge in [-0.2, -0.15) is 0 Å². The molecule has 0 spiro atoms. The van der Waals surface area contributed by atoms with Crippen molar-refractivity contribution in [1.29, 1.82) is 0 Å². The molecule has 50 heavy (non-hydrogen) atoms. The van der Waals surface area contributed by atoms with Crippen molar-refractivity contribution in [1.82, 2.24) is 0 Å². The van der Waals surface area contributed by atoms with Crippen LogP contribution in [0.1, 0.15) is 181 Å². The third kappa shape index (κ3) is 36.5. The van der Waals surface area contributed by atoms with E-state index in [2.05, 4.69) is 26.0 Å². The standard InChI is InChI=1S/C40H78NO8P/c1-6-8-10-12-14-16-18-20-21-23-25-27-29-31-33-40(43)49-38(37-48-50(44,45)47-35-34-41(3,4)5)36-46-39(42)32-30-28-26-24-22-19-17-15-13-11-9-7-2/h18,20,38H,6-17,19,21-37H2,1-5H3/p+1/b20-18-. The van der Waals surface area contributed by atoms with Crippen LogP contribution in [0, 0.1) is 0 Å². The Labute approximate surface area is 307 Å². The maximum absolute atomic E-state index is 12.6. The molecule has 0 bridgehead atoms. The molecule has 0 aromatic carbocycles. The Hall–Kier alpha value is -1.25. The van der Waals surface area contributed by atoms with Gasteiger partial charge >= 0.3 is 19.8 Å². The monoisotopic (exact) mass is 733 g/mol. The molecule has 10 heteroatoms. The highest BCUT2D eigenvalue weighted by Gasteiger charge is 2.27. The molecule has 296 valence electrons. The van der Waals surface area contributed by atoms with E-state index in [1.165, 1.54) is 96.3 Å². The third-order valence-corrected chi connectivity index (χ3v) is 9.78. The van der Waals surface area contributed by atoms with Gasteiger partial charge in [0.05, 0.1) is 27.7 Å². The van der Waals surface area contributed by atoms with Crippen LogP contribution in [0.5, 0.6) is 0 Å². The van der Waals surface area contributed by atoms with Crippen molar-refractivity contribution in [2.75, 3.05) is 47.5 Å². The Bertz CT molecular complexity index is 876. The average Bonchev–Trinajstić information content (AvgIpc) is 3.06. The molecule has 0 saturated heterocycles. The lowest BCUT2D eigenvalue weighted by atomic mass is 10.0. The number of carbonyl (C=O) groups excluding carboxylic acids is 2. The van der Waals surface area contributed by atoms with Crippen molar-refractivity contribution in [3.8, 4) is 0 Å². The van der Waals surface area contributed by atoms with Crippen molar-refractivity contribution < 1.29 is 42.1 Å². The number of phosphoric ester groups is 1. The fourth-order valence-electron chi connectivity index (χ4n) is 5.54. The number of likely N-dealkylation sites (N-methyl/N-ethyl adjacent to an activating group) is 1. The van der Waals surface area contributed by atoms with Crippen LogP contribution in [0.25, 0.3) is 0 Å². The number of hydrogen-bond acceptors (Lipinski definition) is 7. The molecule has 0 radical (unpaired) electrons. The van der Waals surface area contributed by atoms with Gasteiger partial charge in [0.25, 0.3) is 0 Å². The van der Waals surface area contributed by atoms with Crippen LogP contribution in [0.3, 0.4) is 0 Å². The lowest BCUT2D eigenvalue weighted by Gasteiger charge is -2.24. The second kappa shape index (κ2) is 33.6. The summed E-state index contributed by atoms with van der Waals surface area (Å²) >= 11 is 0. The molecular weight excluding hydrogens is 653 g/mol. The van der Waals surface area contributed by atoms with Crippen molar-refractivity contribution in [2.24, 2.45) is 0 Å². The predicted molar refractivity (Wildman–Crippen MR) is 206 cm³/mol. The quantitative estimate of drug-likeness (QED) is 0.0221. The second-order valence-corrected chi connectivity index (χ2v) is 16.5. The molecule has 0 fully saturated rings. The fraction of sp³-hybridized carbons (Fsp3) is 0.900. The normalized spacial score (nSPS) is 13.8. The van der Waals surface area contributed by atoms with Crippen LogP contribution < -0.4 is 0 Å². The van der Waals surface area contributed by atoms with Gasteiger partial charge in [0.2, 0.25) is 0 Å². The Kier molecular flexibility index (Phi) is 32.7. The summed E-state index contributed by atoms with van der Waals surface area (Å²) in [7, 11) is 1.48. The summed E-state index contributed by atoms with van der Waals surface area (Å²) in [6.07, 6.45) is 32.5. The van der Waals surface area contributed by atoms with E-state index in [0.29, 0.717) is 23.9 Å². The SMILES string of the molecule is CCCCCCC/C=C\CCCCCCCC(=O)OC(COC(=O)CCCCCCCCCCCCCC)COP(=O)(O)OCC[N+](C)(C)C. The van der Waals surface area contributed by atoms with Crippen molar-refractivity contribution in [2.45, 2.75) is 187 Å². The summed E-state index contributed by atoms with van der Waals surface area (Å²) in [5.41, 5.74) is 0. The maximum Gasteiger partial charge on any atom is 0.472 e. The van der Waals surface area contributed by atoms with Crippen molar-refractivity contribution in [3.63, 3.8) is 0 Å². The van der Waals surface area contributed by atoms with Gasteiger partial charge in [-0.15, -0.1) is 0 Å². The van der Waals surface area contributed by atoms with Crippen LogP contribution >= 0.6 is 7.82 Å². The minimum absolute atomic E-state index is 0.0329. The molecule has 0 saturated carbocycles. The number of unbranched alkanes of at least 4 members (excludes halogenated alkanes) is 21. The van der Waals surface area contributed by atoms with Gasteiger partial charge in [-0.1, -0.05) is 142 Å². The molecule has 0 aliphatic rings. The summed E-state index contributed by atoms with van der Waals surface area (Å²) in [6, 6.07) is 0. The number of allylic oxidation sites excluding steroid dienone is 2. The molecule has 2 unspecified atom stereocenters. The highest BCUT2D eigenvalue weighted by atomic mass is 31.2. The second-order valence-electron chi connectivity index (χ2n) is 15.0. The van der Waals surface area contributed by atoms with Gasteiger partial charge in [-0.05, 0) is 38.5 Å². The average molecular weight is 733 g/mol. The van der Waals surface area contributed by atoms with E-state index < -0.39 is 26.5 Å². The molecule has 0 aliphatic heterocycles. The van der Waals surface area contributed by atoms with E-state index >= 15 is 0 Å². The van der Waals surface area contributed by atoms with Gasteiger partial charge in [-0.25, -0.2) is 4.57 Å². The number of nitrogens with zero attached hydrogens (tertiary/aromatic N) is 1. The summed E-state index contributed by atoms with van der Waals surface area (Å²) in [5, 5.41) is 0. The number of phosphoric acid groups is 1. The van der Waals surface area contributed by atoms with E-state index in [-0.39, 0.29) is 25.6 Å². The predicted octanol–water partition coefficient (Wildman–Crippen LogP) is 11.0. The molecule has 0 heterocycles. The summed E-state index contributed by atoms with van der Waals surface area (Å²) < 4.78 is 34.2. The molecule has 9 nitrogen and oxygen atoms in total. The zero-order chi connectivity index (χ0) is 37.2. The highest BCUT2D eigenvalue weighted by Crippen LogP contribution is 2.43. The summed E-state index contributed by atoms with van der Waals surface area (Å²) in [4.78, 5) is 35.2. The molecule has 1 N–H and O–H groups in total. The smallest absolute Gasteiger partial charge is 0.462 e. The van der Waals surface area contributed by atoms with Gasteiger partial charge in [0, 0.05) is 12.8 Å². The lowest BCUT2D eigenvalue weighted by Crippen LogP contribution is -2.37. The minimum atomic E-state index is -4.36. The molecule has 0 aromatic heterocycles. The fourth-order valence-corrected chi connectivity index (χ4v) is 6.28. The van der Waals surface area contributed by atoms with E-state index in [9.17, 15) is 19.0 Å². The molecule has 0 aromatic rings. The first kappa shape index (κ1) is 48.8. The van der Waals surface area contributed by atoms with Crippen LogP contribution in [-0.2, 0) is 32.7 Å². The molecular formula is C40H79NO8P+. The molecule has 0 aliphatic carbocycles. The van der Waals surface area contributed by atoms with Crippen molar-refractivity contribution >= 4 is 19.8 Å². The first-order valence-corrected chi connectivity index (χ1v) is 21.9. The number of ether oxygens (including phenoxy) is 2. The molecule has 0 rings (SSSR count). The zero-order valence-electron chi connectivity index (χ0n) is 33.1. The molecule has 0 amide bonds. The van der Waals surface area contributed by atoms with Gasteiger partial charge < -0.3 is 18.9 Å². The van der Waals surface area contributed by atoms with E-state index in [1.54, 1.807) is 0 Å². The third-order valence-electron chi connectivity index (χ3n) is 8.80. The minimum Gasteiger partial charge on any atom is -0.462 e. The Balaban J connectivity index is 4.41. The summed E-state index contributed by atoms with van der Waals surface area (Å²) in [6.45, 7) is 4.40. The summed E-state index contributed by atoms with van der Waals surface area (Å²) in [5.74, 6) is -0.803. The first-order chi connectivity index (χ1) is 24.0. The van der Waals surface area contributed by atoms with Gasteiger partial charge in [0.15, 0.2) is 6.10 Å². The maximum atomic E-state index is 12.6. The van der Waals surface area contributed by atoms with Crippen LogP contribution in [0.2, 0.25) is 0 Å². The number of hydrogen-bond donors (Lipinski definition) is 1. The number of quaternary nitrogens is 1. The first-order valence-electron chi connectivity index (χ1n) is 20.4. The van der Waals surface area contributed by atoms with Crippen LogP contribution in [0.4, 0.5) is 0 Å². The van der Waals surface area contributed by atoms with E-state index in [1.807, 2.05) is 21.1 Å². The topological polar surface area (TPSA) is 108 Å². The Morgan fingerprint density at radius 2 is 1.02 bits per heavy atom. The number of carbonyl (C=O) groups is 2. The van der Waals surface area contributed by atoms with Gasteiger partial charge in [0.1, 0.15) is 19.8 Å². The largest absolute Gasteiger partial charge is 0.472 e. The Morgan fingerprint density at radius 3 is 1.48 bits per heavy atom. The van der Waals surface area contributed by atoms with Crippen LogP contribution in [0.15, 0.2) is 12.2 Å².